The topological polar surface area (TPSA) is 99.9 Å². The number of benzene rings is 1. The van der Waals surface area contributed by atoms with Crippen molar-refractivity contribution >= 4 is 17.7 Å². The van der Waals surface area contributed by atoms with Crippen LogP contribution in [0.3, 0.4) is 0 Å². The van der Waals surface area contributed by atoms with E-state index in [4.69, 9.17) is 14.2 Å². The molecule has 25 heavy (non-hydrogen) atoms. The van der Waals surface area contributed by atoms with Gasteiger partial charge in [-0.3, -0.25) is 4.79 Å². The van der Waals surface area contributed by atoms with Gasteiger partial charge in [0.15, 0.2) is 30.5 Å². The fraction of sp³-hybridized carbons (Fsp3) is 0.353. The van der Waals surface area contributed by atoms with Crippen molar-refractivity contribution in [3.05, 3.63) is 36.1 Å². The van der Waals surface area contributed by atoms with Crippen LogP contribution in [0.2, 0.25) is 0 Å². The van der Waals surface area contributed by atoms with Crippen molar-refractivity contribution < 1.29 is 28.3 Å². The molecule has 0 aliphatic carbocycles. The normalized spacial score (nSPS) is 14.3. The van der Waals surface area contributed by atoms with E-state index < -0.39 is 18.5 Å². The number of carbonyl (C=O) groups is 2. The smallest absolute Gasteiger partial charge is 0.344 e. The zero-order valence-corrected chi connectivity index (χ0v) is 13.9. The minimum Gasteiger partial charge on any atom is -0.483 e. The van der Waals surface area contributed by atoms with Crippen LogP contribution in [0.5, 0.6) is 11.5 Å². The lowest BCUT2D eigenvalue weighted by molar-refractivity contribution is -0.149. The van der Waals surface area contributed by atoms with E-state index in [1.54, 1.807) is 6.07 Å². The van der Waals surface area contributed by atoms with Crippen LogP contribution in [-0.4, -0.2) is 35.8 Å². The highest BCUT2D eigenvalue weighted by Gasteiger charge is 2.32. The third kappa shape index (κ3) is 4.28. The van der Waals surface area contributed by atoms with Crippen molar-refractivity contribution in [2.45, 2.75) is 25.9 Å². The van der Waals surface area contributed by atoms with Gasteiger partial charge in [0.1, 0.15) is 11.9 Å². The summed E-state index contributed by atoms with van der Waals surface area (Å²) in [6.45, 7) is 3.21. The van der Waals surface area contributed by atoms with Crippen molar-refractivity contribution in [1.29, 1.82) is 0 Å². The summed E-state index contributed by atoms with van der Waals surface area (Å²) >= 11 is 0. The minimum atomic E-state index is -0.662. The Bertz CT molecular complexity index is 769. The summed E-state index contributed by atoms with van der Waals surface area (Å²) in [4.78, 5) is 23.3. The maximum Gasteiger partial charge on any atom is 0.344 e. The molecule has 0 unspecified atom stereocenters. The van der Waals surface area contributed by atoms with Gasteiger partial charge >= 0.3 is 5.97 Å². The van der Waals surface area contributed by atoms with Crippen molar-refractivity contribution in [2.75, 3.05) is 18.5 Å². The van der Waals surface area contributed by atoms with Crippen LogP contribution in [0.4, 0.5) is 5.82 Å². The van der Waals surface area contributed by atoms with E-state index in [0.29, 0.717) is 11.5 Å². The number of hydrogen-bond acceptors (Lipinski definition) is 7. The molecule has 132 valence electrons. The monoisotopic (exact) mass is 346 g/mol. The molecule has 0 bridgehead atoms. The van der Waals surface area contributed by atoms with Crippen LogP contribution in [-0.2, 0) is 20.7 Å². The lowest BCUT2D eigenvalue weighted by Gasteiger charge is -2.18. The fourth-order valence-electron chi connectivity index (χ4n) is 2.48. The average Bonchev–Trinajstić information content (AvgIpc) is 3.16. The first-order chi connectivity index (χ1) is 11.9. The molecule has 8 nitrogen and oxygen atoms in total. The number of rotatable bonds is 6. The van der Waals surface area contributed by atoms with Crippen LogP contribution in [0, 0.1) is 0 Å². The van der Waals surface area contributed by atoms with Gasteiger partial charge in [0.05, 0.1) is 0 Å². The zero-order valence-electron chi connectivity index (χ0n) is 13.9. The molecule has 1 amide bonds. The van der Waals surface area contributed by atoms with Crippen molar-refractivity contribution in [3.8, 4) is 11.5 Å². The van der Waals surface area contributed by atoms with E-state index in [2.05, 4.69) is 15.0 Å². The molecule has 2 heterocycles. The molecule has 1 aromatic heterocycles. The molecule has 0 spiro atoms. The summed E-state index contributed by atoms with van der Waals surface area (Å²) < 4.78 is 20.8. The second-order valence-corrected chi connectivity index (χ2v) is 6.17. The van der Waals surface area contributed by atoms with Crippen LogP contribution in [0.15, 0.2) is 35.1 Å². The molecule has 0 saturated heterocycles. The molecule has 1 N–H and O–H groups in total. The highest BCUT2D eigenvalue weighted by molar-refractivity contribution is 5.91. The Morgan fingerprint density at radius 3 is 2.88 bits per heavy atom. The summed E-state index contributed by atoms with van der Waals surface area (Å²) in [7, 11) is 0. The molecule has 0 fully saturated rings. The van der Waals surface area contributed by atoms with E-state index in [9.17, 15) is 9.59 Å². The van der Waals surface area contributed by atoms with E-state index in [0.717, 1.165) is 12.0 Å². The number of nitrogens with one attached hydrogen (secondary N) is 1. The summed E-state index contributed by atoms with van der Waals surface area (Å²) in [5.74, 6) is 0.186. The Balaban J connectivity index is 1.47. The van der Waals surface area contributed by atoms with Gasteiger partial charge in [0, 0.05) is 18.1 Å². The molecule has 0 atom stereocenters. The molecular weight excluding hydrogens is 328 g/mol. The van der Waals surface area contributed by atoms with Crippen LogP contribution in [0.1, 0.15) is 19.4 Å². The van der Waals surface area contributed by atoms with E-state index in [1.807, 2.05) is 26.0 Å². The van der Waals surface area contributed by atoms with Crippen molar-refractivity contribution in [2.24, 2.45) is 0 Å². The highest BCUT2D eigenvalue weighted by Crippen LogP contribution is 2.41. The lowest BCUT2D eigenvalue weighted by Crippen LogP contribution is -2.25. The number of esters is 1. The van der Waals surface area contributed by atoms with Crippen LogP contribution in [0.25, 0.3) is 0 Å². The standard InChI is InChI=1S/C17H18N2O6/c1-17(2)8-11-4-3-5-12(16(11)25-17)22-10-15(21)23-9-14(20)18-13-6-7-24-19-13/h3-7H,8-10H2,1-2H3,(H,18,19,20). The number of anilines is 1. The SMILES string of the molecule is CC1(C)Cc2cccc(OCC(=O)OCC(=O)Nc3ccon3)c2O1. The third-order valence-electron chi connectivity index (χ3n) is 3.47. The van der Waals surface area contributed by atoms with Gasteiger partial charge < -0.3 is 24.1 Å². The Hall–Kier alpha value is -3.03. The fourth-order valence-corrected chi connectivity index (χ4v) is 2.48. The van der Waals surface area contributed by atoms with Gasteiger partial charge in [0.2, 0.25) is 0 Å². The number of aromatic nitrogens is 1. The summed E-state index contributed by atoms with van der Waals surface area (Å²) in [6, 6.07) is 7.00. The van der Waals surface area contributed by atoms with E-state index >= 15 is 0 Å². The number of para-hydroxylation sites is 1. The van der Waals surface area contributed by atoms with Crippen LogP contribution >= 0.6 is 0 Å². The Labute approximate surface area is 144 Å². The second-order valence-electron chi connectivity index (χ2n) is 6.17. The number of fused-ring (bicyclic) bond motifs is 1. The number of ether oxygens (including phenoxy) is 3. The molecule has 1 aliphatic heterocycles. The predicted molar refractivity (Wildman–Crippen MR) is 86.4 cm³/mol. The molecular formula is C17H18N2O6. The van der Waals surface area contributed by atoms with Gasteiger partial charge in [-0.2, -0.15) is 0 Å². The quantitative estimate of drug-likeness (QED) is 0.798. The Morgan fingerprint density at radius 1 is 1.28 bits per heavy atom. The molecule has 2 aromatic rings. The third-order valence-corrected chi connectivity index (χ3v) is 3.47. The molecule has 8 heteroatoms. The lowest BCUT2D eigenvalue weighted by atomic mass is 10.0. The molecule has 0 saturated carbocycles. The highest BCUT2D eigenvalue weighted by atomic mass is 16.6. The largest absolute Gasteiger partial charge is 0.483 e. The molecule has 1 aromatic carbocycles. The number of amides is 1. The van der Waals surface area contributed by atoms with Gasteiger partial charge in [-0.05, 0) is 19.9 Å². The average molecular weight is 346 g/mol. The van der Waals surface area contributed by atoms with Gasteiger partial charge in [-0.25, -0.2) is 4.79 Å². The minimum absolute atomic E-state index is 0.247. The maximum absolute atomic E-state index is 11.7. The first-order valence-electron chi connectivity index (χ1n) is 7.72. The first-order valence-corrected chi connectivity index (χ1v) is 7.72. The second kappa shape index (κ2) is 6.84. The van der Waals surface area contributed by atoms with E-state index in [1.165, 1.54) is 12.3 Å². The van der Waals surface area contributed by atoms with Gasteiger partial charge in [0.25, 0.3) is 5.91 Å². The molecule has 0 radical (unpaired) electrons. The zero-order chi connectivity index (χ0) is 17.9. The van der Waals surface area contributed by atoms with Crippen molar-refractivity contribution in [3.63, 3.8) is 0 Å². The van der Waals surface area contributed by atoms with Gasteiger partial charge in [-0.15, -0.1) is 0 Å². The maximum atomic E-state index is 11.7. The van der Waals surface area contributed by atoms with Gasteiger partial charge in [-0.1, -0.05) is 17.3 Å². The number of carbonyl (C=O) groups excluding carboxylic acids is 2. The summed E-state index contributed by atoms with van der Waals surface area (Å²) in [6.07, 6.45) is 2.09. The Kier molecular flexibility index (Phi) is 4.60. The predicted octanol–water partition coefficient (Wildman–Crippen LogP) is 1.95. The number of nitrogens with zero attached hydrogens (tertiary/aromatic N) is 1. The van der Waals surface area contributed by atoms with Crippen LogP contribution < -0.4 is 14.8 Å². The number of hydrogen-bond donors (Lipinski definition) is 1. The molecule has 1 aliphatic rings. The first kappa shape index (κ1) is 16.8. The summed E-state index contributed by atoms with van der Waals surface area (Å²) in [5, 5.41) is 5.93. The van der Waals surface area contributed by atoms with E-state index in [-0.39, 0.29) is 18.0 Å². The Morgan fingerprint density at radius 2 is 2.12 bits per heavy atom. The summed E-state index contributed by atoms with van der Waals surface area (Å²) in [5.41, 5.74) is 0.726. The molecule has 3 rings (SSSR count). The van der Waals surface area contributed by atoms with Crippen molar-refractivity contribution in [1.82, 2.24) is 5.16 Å².